The summed E-state index contributed by atoms with van der Waals surface area (Å²) in [4.78, 5) is 13.4. The third-order valence-corrected chi connectivity index (χ3v) is 5.26. The number of hydrogen-bond acceptors (Lipinski definition) is 5. The van der Waals surface area contributed by atoms with Gasteiger partial charge in [0.1, 0.15) is 5.88 Å². The van der Waals surface area contributed by atoms with Crippen molar-refractivity contribution < 1.29 is 17.9 Å². The van der Waals surface area contributed by atoms with Crippen molar-refractivity contribution in [2.75, 3.05) is 43.7 Å². The molecule has 0 saturated carbocycles. The minimum absolute atomic E-state index is 0.00233. The summed E-state index contributed by atoms with van der Waals surface area (Å²) in [7, 11) is -3.09. The number of hydrogen-bond donors (Lipinski definition) is 1. The van der Waals surface area contributed by atoms with E-state index in [4.69, 9.17) is 16.3 Å². The van der Waals surface area contributed by atoms with Crippen molar-refractivity contribution in [2.45, 2.75) is 12.1 Å². The molecule has 0 aliphatic carbocycles. The second-order valence-corrected chi connectivity index (χ2v) is 7.02. The smallest absolute Gasteiger partial charge is 0.235 e. The van der Waals surface area contributed by atoms with Crippen LogP contribution in [-0.4, -0.2) is 75.0 Å². The first-order valence-electron chi connectivity index (χ1n) is 5.89. The highest BCUT2D eigenvalue weighted by Crippen LogP contribution is 2.19. The Hall–Kier alpha value is -0.370. The molecule has 0 bridgehead atoms. The molecule has 0 aromatic rings. The van der Waals surface area contributed by atoms with E-state index in [1.807, 2.05) is 0 Å². The van der Waals surface area contributed by atoms with Gasteiger partial charge in [0.2, 0.25) is 5.91 Å². The van der Waals surface area contributed by atoms with Crippen LogP contribution in [0.5, 0.6) is 0 Å². The first kappa shape index (κ1) is 14.0. The van der Waals surface area contributed by atoms with Crippen molar-refractivity contribution in [3.63, 3.8) is 0 Å². The molecule has 2 saturated heterocycles. The molecule has 2 fully saturated rings. The molecule has 2 unspecified atom stereocenters. The van der Waals surface area contributed by atoms with Crippen LogP contribution < -0.4 is 5.32 Å². The normalized spacial score (nSPS) is 32.3. The third kappa shape index (κ3) is 3.34. The maximum absolute atomic E-state index is 11.7. The van der Waals surface area contributed by atoms with Gasteiger partial charge in [0, 0.05) is 19.1 Å². The van der Waals surface area contributed by atoms with Gasteiger partial charge in [0.25, 0.3) is 0 Å². The van der Waals surface area contributed by atoms with Crippen LogP contribution in [0, 0.1) is 0 Å². The molecule has 1 amide bonds. The first-order valence-corrected chi connectivity index (χ1v) is 8.25. The molecule has 2 rings (SSSR count). The zero-order valence-corrected chi connectivity index (χ0v) is 11.5. The Morgan fingerprint density at radius 1 is 1.33 bits per heavy atom. The molecule has 1 N–H and O–H groups in total. The van der Waals surface area contributed by atoms with Crippen LogP contribution in [0.25, 0.3) is 0 Å². The molecule has 18 heavy (non-hydrogen) atoms. The van der Waals surface area contributed by atoms with Crippen molar-refractivity contribution >= 4 is 27.3 Å². The van der Waals surface area contributed by atoms with Crippen LogP contribution in [-0.2, 0) is 19.4 Å². The predicted molar refractivity (Wildman–Crippen MR) is 67.5 cm³/mol. The fraction of sp³-hybridized carbons (Fsp3) is 0.900. The molecular weight excluding hydrogens is 280 g/mol. The highest BCUT2D eigenvalue weighted by molar-refractivity contribution is 7.91. The minimum atomic E-state index is -3.09. The molecule has 104 valence electrons. The van der Waals surface area contributed by atoms with Crippen molar-refractivity contribution in [1.29, 1.82) is 0 Å². The number of carbonyl (C=O) groups excluding carboxylic acids is 1. The number of nitrogens with zero attached hydrogens (tertiary/aromatic N) is 1. The zero-order chi connectivity index (χ0) is 13.2. The topological polar surface area (TPSA) is 75.7 Å². The minimum Gasteiger partial charge on any atom is -0.379 e. The monoisotopic (exact) mass is 296 g/mol. The average Bonchev–Trinajstić information content (AvgIpc) is 2.65. The molecule has 0 aromatic carbocycles. The summed E-state index contributed by atoms with van der Waals surface area (Å²) in [6.45, 7) is 2.61. The number of sulfone groups is 1. The van der Waals surface area contributed by atoms with Crippen molar-refractivity contribution in [2.24, 2.45) is 0 Å². The summed E-state index contributed by atoms with van der Waals surface area (Å²) >= 11 is 5.44. The van der Waals surface area contributed by atoms with Crippen molar-refractivity contribution in [3.8, 4) is 0 Å². The van der Waals surface area contributed by atoms with E-state index in [0.717, 1.165) is 0 Å². The van der Waals surface area contributed by atoms with Gasteiger partial charge in [-0.2, -0.15) is 0 Å². The summed E-state index contributed by atoms with van der Waals surface area (Å²) < 4.78 is 28.7. The molecule has 0 aromatic heterocycles. The summed E-state index contributed by atoms with van der Waals surface area (Å²) in [5, 5.41) is 2.70. The molecule has 0 spiro atoms. The number of ether oxygens (including phenoxy) is 1. The van der Waals surface area contributed by atoms with Crippen LogP contribution in [0.15, 0.2) is 0 Å². The molecular formula is C10H17ClN2O4S. The predicted octanol–water partition coefficient (Wildman–Crippen LogP) is -1.16. The van der Waals surface area contributed by atoms with Crippen LogP contribution in [0.1, 0.15) is 0 Å². The largest absolute Gasteiger partial charge is 0.379 e. The third-order valence-electron chi connectivity index (χ3n) is 3.31. The highest BCUT2D eigenvalue weighted by atomic mass is 35.5. The second-order valence-electron chi connectivity index (χ2n) is 4.60. The van der Waals surface area contributed by atoms with E-state index in [1.165, 1.54) is 0 Å². The van der Waals surface area contributed by atoms with Gasteiger partial charge in [-0.15, -0.1) is 11.6 Å². The van der Waals surface area contributed by atoms with Crippen LogP contribution in [0.3, 0.4) is 0 Å². The van der Waals surface area contributed by atoms with E-state index in [9.17, 15) is 13.2 Å². The van der Waals surface area contributed by atoms with Crippen molar-refractivity contribution in [1.82, 2.24) is 10.2 Å². The maximum atomic E-state index is 11.7. The van der Waals surface area contributed by atoms with E-state index in [2.05, 4.69) is 10.2 Å². The lowest BCUT2D eigenvalue weighted by Gasteiger charge is -2.34. The summed E-state index contributed by atoms with van der Waals surface area (Å²) in [6.07, 6.45) is 0. The number of carbonyl (C=O) groups is 1. The Kier molecular flexibility index (Phi) is 4.47. The van der Waals surface area contributed by atoms with Gasteiger partial charge < -0.3 is 10.1 Å². The fourth-order valence-electron chi connectivity index (χ4n) is 2.48. The average molecular weight is 297 g/mol. The van der Waals surface area contributed by atoms with Gasteiger partial charge >= 0.3 is 0 Å². The lowest BCUT2D eigenvalue weighted by atomic mass is 10.1. The van der Waals surface area contributed by atoms with Gasteiger partial charge in [0.05, 0.1) is 30.8 Å². The number of alkyl halides is 1. The Balaban J connectivity index is 2.07. The van der Waals surface area contributed by atoms with Gasteiger partial charge in [-0.3, -0.25) is 9.69 Å². The Morgan fingerprint density at radius 3 is 2.61 bits per heavy atom. The van der Waals surface area contributed by atoms with E-state index >= 15 is 0 Å². The van der Waals surface area contributed by atoms with Gasteiger partial charge in [-0.05, 0) is 0 Å². The Bertz CT molecular complexity index is 408. The summed E-state index contributed by atoms with van der Waals surface area (Å²) in [5.41, 5.74) is 0. The van der Waals surface area contributed by atoms with Gasteiger partial charge in [-0.1, -0.05) is 0 Å². The zero-order valence-electron chi connectivity index (χ0n) is 9.97. The molecule has 2 atom stereocenters. The Labute approximate surface area is 112 Å². The standard InChI is InChI=1S/C10H17ClN2O4S/c11-5-10(14)12-8-6-18(15,16)7-9(8)13-1-3-17-4-2-13/h8-9H,1-7H2,(H,12,14). The maximum Gasteiger partial charge on any atom is 0.235 e. The van der Waals surface area contributed by atoms with E-state index < -0.39 is 9.84 Å². The SMILES string of the molecule is O=C(CCl)NC1CS(=O)(=O)CC1N1CCOCC1. The lowest BCUT2D eigenvalue weighted by molar-refractivity contribution is -0.119. The molecule has 2 aliphatic rings. The number of amides is 1. The molecule has 8 heteroatoms. The first-order chi connectivity index (χ1) is 8.52. The highest BCUT2D eigenvalue weighted by Gasteiger charge is 2.41. The van der Waals surface area contributed by atoms with Gasteiger partial charge in [-0.25, -0.2) is 8.42 Å². The van der Waals surface area contributed by atoms with Crippen LogP contribution >= 0.6 is 11.6 Å². The molecule has 6 nitrogen and oxygen atoms in total. The van der Waals surface area contributed by atoms with Crippen LogP contribution in [0.4, 0.5) is 0 Å². The van der Waals surface area contributed by atoms with Crippen molar-refractivity contribution in [3.05, 3.63) is 0 Å². The number of nitrogens with one attached hydrogen (secondary N) is 1. The van der Waals surface area contributed by atoms with Crippen LogP contribution in [0.2, 0.25) is 0 Å². The summed E-state index contributed by atoms with van der Waals surface area (Å²) in [6, 6.07) is -0.523. The molecule has 2 aliphatic heterocycles. The second kappa shape index (κ2) is 5.73. The lowest BCUT2D eigenvalue weighted by Crippen LogP contribution is -2.54. The Morgan fingerprint density at radius 2 is 2.00 bits per heavy atom. The van der Waals surface area contributed by atoms with Gasteiger partial charge in [0.15, 0.2) is 9.84 Å². The van der Waals surface area contributed by atoms with E-state index in [-0.39, 0.29) is 35.4 Å². The molecule has 2 heterocycles. The number of rotatable bonds is 3. The number of morpholine rings is 1. The van der Waals surface area contributed by atoms with E-state index in [1.54, 1.807) is 0 Å². The summed E-state index contributed by atoms with van der Waals surface area (Å²) in [5.74, 6) is -0.374. The molecule has 0 radical (unpaired) electrons. The van der Waals surface area contributed by atoms with E-state index in [0.29, 0.717) is 26.3 Å². The quantitative estimate of drug-likeness (QED) is 0.665. The fourth-order valence-corrected chi connectivity index (χ4v) is 4.51. The number of halogens is 1.